The fourth-order valence-electron chi connectivity index (χ4n) is 3.22. The Balaban J connectivity index is 1.61. The van der Waals surface area contributed by atoms with E-state index in [1.807, 2.05) is 35.9 Å². The zero-order valence-electron chi connectivity index (χ0n) is 14.7. The summed E-state index contributed by atoms with van der Waals surface area (Å²) in [7, 11) is 0. The minimum Gasteiger partial charge on any atom is -0.450 e. The van der Waals surface area contributed by atoms with E-state index in [2.05, 4.69) is 10.3 Å². The number of pyridine rings is 1. The Labute approximate surface area is 147 Å². The first-order valence-electron chi connectivity index (χ1n) is 8.71. The number of aryl methyl sites for hydroxylation is 1. The van der Waals surface area contributed by atoms with Gasteiger partial charge in [-0.05, 0) is 38.3 Å². The third kappa shape index (κ3) is 4.10. The normalized spacial score (nSPS) is 17.5. The van der Waals surface area contributed by atoms with Gasteiger partial charge in [-0.15, -0.1) is 0 Å². The lowest BCUT2D eigenvalue weighted by Gasteiger charge is -2.32. The number of nitrogens with zero attached hydrogens (tertiary/aromatic N) is 3. The Bertz CT molecular complexity index is 771. The van der Waals surface area contributed by atoms with Gasteiger partial charge >= 0.3 is 6.09 Å². The number of hydrogen-bond acceptors (Lipinski definition) is 4. The highest BCUT2D eigenvalue weighted by molar-refractivity contribution is 5.79. The number of hydrogen-bond donors (Lipinski definition) is 1. The quantitative estimate of drug-likeness (QED) is 0.919. The van der Waals surface area contributed by atoms with Crippen LogP contribution in [0.5, 0.6) is 0 Å². The average molecular weight is 344 g/mol. The van der Waals surface area contributed by atoms with Crippen molar-refractivity contribution in [1.29, 1.82) is 0 Å². The first-order chi connectivity index (χ1) is 12.1. The topological polar surface area (TPSA) is 75.9 Å². The molecule has 1 aliphatic rings. The molecule has 0 spiro atoms. The van der Waals surface area contributed by atoms with Crippen LogP contribution < -0.4 is 5.32 Å². The van der Waals surface area contributed by atoms with E-state index in [4.69, 9.17) is 4.74 Å². The molecule has 0 aromatic carbocycles. The van der Waals surface area contributed by atoms with Gasteiger partial charge in [0.1, 0.15) is 5.65 Å². The standard InChI is InChI=1S/C18H24N4O3/c1-3-25-18(24)20-14-7-5-8-21(11-14)16(23)10-15-12-22-9-4-6-13(2)17(22)19-15/h4,6,9,12,14H,3,5,7-8,10-11H2,1-2H3,(H,20,24). The number of imidazole rings is 1. The summed E-state index contributed by atoms with van der Waals surface area (Å²) in [5.41, 5.74) is 2.73. The summed E-state index contributed by atoms with van der Waals surface area (Å²) in [6, 6.07) is 3.91. The van der Waals surface area contributed by atoms with E-state index in [9.17, 15) is 9.59 Å². The summed E-state index contributed by atoms with van der Waals surface area (Å²) in [6.07, 6.45) is 5.41. The maximum Gasteiger partial charge on any atom is 0.407 e. The van der Waals surface area contributed by atoms with E-state index in [-0.39, 0.29) is 18.4 Å². The molecule has 0 saturated carbocycles. The summed E-state index contributed by atoms with van der Waals surface area (Å²) in [5, 5.41) is 2.82. The molecule has 1 fully saturated rings. The van der Waals surface area contributed by atoms with E-state index < -0.39 is 6.09 Å². The van der Waals surface area contributed by atoms with Crippen molar-refractivity contribution in [2.45, 2.75) is 39.2 Å². The van der Waals surface area contributed by atoms with Gasteiger partial charge in [0.05, 0.1) is 18.7 Å². The molecule has 1 atom stereocenters. The fourth-order valence-corrected chi connectivity index (χ4v) is 3.22. The highest BCUT2D eigenvalue weighted by Gasteiger charge is 2.25. The van der Waals surface area contributed by atoms with Crippen molar-refractivity contribution in [1.82, 2.24) is 19.6 Å². The molecular weight excluding hydrogens is 320 g/mol. The van der Waals surface area contributed by atoms with Gasteiger partial charge in [-0.2, -0.15) is 0 Å². The summed E-state index contributed by atoms with van der Waals surface area (Å²) >= 11 is 0. The molecule has 134 valence electrons. The molecule has 1 unspecified atom stereocenters. The minimum absolute atomic E-state index is 0.0384. The molecular formula is C18H24N4O3. The number of aromatic nitrogens is 2. The van der Waals surface area contributed by atoms with E-state index in [1.165, 1.54) is 0 Å². The van der Waals surface area contributed by atoms with Crippen molar-refractivity contribution in [2.24, 2.45) is 0 Å². The lowest BCUT2D eigenvalue weighted by Crippen LogP contribution is -2.50. The van der Waals surface area contributed by atoms with Gasteiger partial charge in [-0.25, -0.2) is 9.78 Å². The largest absolute Gasteiger partial charge is 0.450 e. The van der Waals surface area contributed by atoms with Crippen LogP contribution in [0.4, 0.5) is 4.79 Å². The summed E-state index contributed by atoms with van der Waals surface area (Å²) in [4.78, 5) is 30.5. The Morgan fingerprint density at radius 3 is 3.04 bits per heavy atom. The van der Waals surface area contributed by atoms with Crippen molar-refractivity contribution in [3.63, 3.8) is 0 Å². The van der Waals surface area contributed by atoms with Crippen LogP contribution in [0.1, 0.15) is 31.0 Å². The maximum atomic E-state index is 12.6. The molecule has 1 N–H and O–H groups in total. The highest BCUT2D eigenvalue weighted by Crippen LogP contribution is 2.14. The van der Waals surface area contributed by atoms with Crippen LogP contribution in [0.25, 0.3) is 5.65 Å². The molecule has 1 aliphatic heterocycles. The van der Waals surface area contributed by atoms with Gasteiger partial charge in [-0.1, -0.05) is 6.07 Å². The fraction of sp³-hybridized carbons (Fsp3) is 0.500. The van der Waals surface area contributed by atoms with E-state index in [1.54, 1.807) is 11.8 Å². The lowest BCUT2D eigenvalue weighted by molar-refractivity contribution is -0.131. The molecule has 25 heavy (non-hydrogen) atoms. The predicted molar refractivity (Wildman–Crippen MR) is 93.4 cm³/mol. The maximum absolute atomic E-state index is 12.6. The molecule has 3 rings (SSSR count). The second-order valence-electron chi connectivity index (χ2n) is 6.37. The van der Waals surface area contributed by atoms with Gasteiger partial charge in [0.15, 0.2) is 0 Å². The Morgan fingerprint density at radius 1 is 1.44 bits per heavy atom. The van der Waals surface area contributed by atoms with E-state index in [0.717, 1.165) is 29.7 Å². The molecule has 2 amide bonds. The number of nitrogens with one attached hydrogen (secondary N) is 1. The Morgan fingerprint density at radius 2 is 2.28 bits per heavy atom. The number of alkyl carbamates (subject to hydrolysis) is 1. The first-order valence-corrected chi connectivity index (χ1v) is 8.71. The van der Waals surface area contributed by atoms with Crippen LogP contribution in [0.3, 0.4) is 0 Å². The summed E-state index contributed by atoms with van der Waals surface area (Å²) in [5.74, 6) is 0.0384. The molecule has 0 bridgehead atoms. The van der Waals surface area contributed by atoms with Crippen LogP contribution in [-0.4, -0.2) is 52.0 Å². The van der Waals surface area contributed by atoms with Crippen LogP contribution >= 0.6 is 0 Å². The molecule has 7 heteroatoms. The second-order valence-corrected chi connectivity index (χ2v) is 6.37. The summed E-state index contributed by atoms with van der Waals surface area (Å²) < 4.78 is 6.86. The zero-order valence-corrected chi connectivity index (χ0v) is 14.7. The van der Waals surface area contributed by atoms with Crippen molar-refractivity contribution in [3.05, 3.63) is 35.8 Å². The number of amides is 2. The van der Waals surface area contributed by atoms with Crippen LogP contribution in [0.2, 0.25) is 0 Å². The molecule has 0 aliphatic carbocycles. The number of rotatable bonds is 4. The number of piperidine rings is 1. The molecule has 3 heterocycles. The third-order valence-corrected chi connectivity index (χ3v) is 4.43. The van der Waals surface area contributed by atoms with Crippen molar-refractivity contribution in [3.8, 4) is 0 Å². The van der Waals surface area contributed by atoms with Crippen LogP contribution in [-0.2, 0) is 16.0 Å². The van der Waals surface area contributed by atoms with Gasteiger partial charge in [0.25, 0.3) is 0 Å². The first kappa shape index (κ1) is 17.3. The van der Waals surface area contributed by atoms with Crippen molar-refractivity contribution >= 4 is 17.6 Å². The third-order valence-electron chi connectivity index (χ3n) is 4.43. The van der Waals surface area contributed by atoms with Gasteiger partial charge < -0.3 is 19.4 Å². The Kier molecular flexibility index (Phi) is 5.21. The average Bonchev–Trinajstić information content (AvgIpc) is 2.99. The van der Waals surface area contributed by atoms with Crippen molar-refractivity contribution in [2.75, 3.05) is 19.7 Å². The second kappa shape index (κ2) is 7.55. The smallest absolute Gasteiger partial charge is 0.407 e. The number of carbonyl (C=O) groups is 2. The van der Waals surface area contributed by atoms with Gasteiger partial charge in [0, 0.05) is 31.5 Å². The van der Waals surface area contributed by atoms with Gasteiger partial charge in [-0.3, -0.25) is 4.79 Å². The van der Waals surface area contributed by atoms with Crippen LogP contribution in [0.15, 0.2) is 24.5 Å². The lowest BCUT2D eigenvalue weighted by atomic mass is 10.1. The molecule has 1 saturated heterocycles. The molecule has 2 aromatic heterocycles. The minimum atomic E-state index is -0.419. The van der Waals surface area contributed by atoms with Crippen molar-refractivity contribution < 1.29 is 14.3 Å². The SMILES string of the molecule is CCOC(=O)NC1CCCN(C(=O)Cc2cn3cccc(C)c3n2)C1. The van der Waals surface area contributed by atoms with Crippen LogP contribution in [0, 0.1) is 6.92 Å². The number of fused-ring (bicyclic) bond motifs is 1. The number of ether oxygens (including phenoxy) is 1. The van der Waals surface area contributed by atoms with Gasteiger partial charge in [0.2, 0.25) is 5.91 Å². The summed E-state index contributed by atoms with van der Waals surface area (Å²) in [6.45, 7) is 5.35. The predicted octanol–water partition coefficient (Wildman–Crippen LogP) is 1.92. The Hall–Kier alpha value is -2.57. The highest BCUT2D eigenvalue weighted by atomic mass is 16.5. The zero-order chi connectivity index (χ0) is 17.8. The van der Waals surface area contributed by atoms with E-state index >= 15 is 0 Å². The number of likely N-dealkylation sites (tertiary alicyclic amines) is 1. The molecule has 0 radical (unpaired) electrons. The molecule has 7 nitrogen and oxygen atoms in total. The van der Waals surface area contributed by atoms with E-state index in [0.29, 0.717) is 19.7 Å². The monoisotopic (exact) mass is 344 g/mol. The molecule has 2 aromatic rings. The number of carbonyl (C=O) groups excluding carboxylic acids is 2.